The maximum atomic E-state index is 12.2. The standard InChI is InChI=1S/C13H22N4OS/c1-7(13(2,3)4)15-11(18)9-10(14)17-12(19-9)16-8-5-6-8/h7-8H,5-6,14H2,1-4H3,(H,15,18)(H,16,17). The highest BCUT2D eigenvalue weighted by molar-refractivity contribution is 7.18. The molecule has 106 valence electrons. The molecule has 0 bridgehead atoms. The molecule has 1 aromatic rings. The Balaban J connectivity index is 2.03. The number of hydrogen-bond donors (Lipinski definition) is 3. The number of hydrogen-bond acceptors (Lipinski definition) is 5. The first-order chi connectivity index (χ1) is 8.77. The van der Waals surface area contributed by atoms with Crippen molar-refractivity contribution in [1.29, 1.82) is 0 Å². The van der Waals surface area contributed by atoms with Gasteiger partial charge in [0.1, 0.15) is 10.7 Å². The summed E-state index contributed by atoms with van der Waals surface area (Å²) in [6.07, 6.45) is 2.34. The van der Waals surface area contributed by atoms with Crippen LogP contribution in [0.2, 0.25) is 0 Å². The topological polar surface area (TPSA) is 80.0 Å². The van der Waals surface area contributed by atoms with E-state index in [1.54, 1.807) is 0 Å². The molecule has 1 fully saturated rings. The summed E-state index contributed by atoms with van der Waals surface area (Å²) in [7, 11) is 0. The lowest BCUT2D eigenvalue weighted by molar-refractivity contribution is 0.0915. The molecule has 4 N–H and O–H groups in total. The van der Waals surface area contributed by atoms with Crippen LogP contribution in [-0.2, 0) is 0 Å². The second-order valence-corrected chi connectivity index (χ2v) is 7.21. The van der Waals surface area contributed by atoms with Crippen LogP contribution >= 0.6 is 11.3 Å². The Hall–Kier alpha value is -1.30. The summed E-state index contributed by atoms with van der Waals surface area (Å²) in [5.74, 6) is 0.174. The van der Waals surface area contributed by atoms with Crippen molar-refractivity contribution in [3.63, 3.8) is 0 Å². The Morgan fingerprint density at radius 3 is 2.63 bits per heavy atom. The first-order valence-corrected chi connectivity index (χ1v) is 7.42. The molecule has 2 rings (SSSR count). The van der Waals surface area contributed by atoms with Gasteiger partial charge in [0.05, 0.1) is 0 Å². The second kappa shape index (κ2) is 5.00. The quantitative estimate of drug-likeness (QED) is 0.792. The molecule has 0 spiro atoms. The summed E-state index contributed by atoms with van der Waals surface area (Å²) in [5, 5.41) is 6.99. The number of nitrogens with two attached hydrogens (primary N) is 1. The van der Waals surface area contributed by atoms with E-state index in [1.165, 1.54) is 24.2 Å². The predicted molar refractivity (Wildman–Crippen MR) is 79.6 cm³/mol. The zero-order chi connectivity index (χ0) is 14.2. The van der Waals surface area contributed by atoms with Gasteiger partial charge in [-0.05, 0) is 25.2 Å². The lowest BCUT2D eigenvalue weighted by atomic mass is 9.88. The van der Waals surface area contributed by atoms with Gasteiger partial charge in [0.2, 0.25) is 0 Å². The molecule has 1 amide bonds. The number of nitrogen functional groups attached to an aromatic ring is 1. The normalized spacial score (nSPS) is 17.1. The van der Waals surface area contributed by atoms with Gasteiger partial charge in [-0.15, -0.1) is 0 Å². The Morgan fingerprint density at radius 1 is 1.47 bits per heavy atom. The van der Waals surface area contributed by atoms with E-state index in [2.05, 4.69) is 36.4 Å². The fourth-order valence-corrected chi connectivity index (χ4v) is 2.30. The summed E-state index contributed by atoms with van der Waals surface area (Å²) in [6.45, 7) is 8.27. The largest absolute Gasteiger partial charge is 0.382 e. The van der Waals surface area contributed by atoms with E-state index in [9.17, 15) is 4.79 Å². The molecule has 1 saturated carbocycles. The van der Waals surface area contributed by atoms with Crippen LogP contribution in [0, 0.1) is 5.41 Å². The Bertz CT molecular complexity index is 473. The van der Waals surface area contributed by atoms with Gasteiger partial charge in [0, 0.05) is 12.1 Å². The Kier molecular flexibility index (Phi) is 3.71. The number of amides is 1. The molecule has 19 heavy (non-hydrogen) atoms. The third-order valence-corrected chi connectivity index (χ3v) is 4.41. The molecule has 6 heteroatoms. The van der Waals surface area contributed by atoms with Crippen molar-refractivity contribution in [2.45, 2.75) is 52.6 Å². The molecule has 5 nitrogen and oxygen atoms in total. The minimum absolute atomic E-state index is 0.0181. The van der Waals surface area contributed by atoms with Crippen LogP contribution in [0.25, 0.3) is 0 Å². The molecule has 1 atom stereocenters. The molecular formula is C13H22N4OS. The number of anilines is 2. The van der Waals surface area contributed by atoms with Gasteiger partial charge in [-0.1, -0.05) is 32.1 Å². The van der Waals surface area contributed by atoms with Crippen LogP contribution in [0.1, 0.15) is 50.2 Å². The van der Waals surface area contributed by atoms with Crippen molar-refractivity contribution in [1.82, 2.24) is 10.3 Å². The molecule has 1 aromatic heterocycles. The molecule has 1 aliphatic carbocycles. The van der Waals surface area contributed by atoms with E-state index in [0.717, 1.165) is 5.13 Å². The average Bonchev–Trinajstić information content (AvgIpc) is 3.00. The summed E-state index contributed by atoms with van der Waals surface area (Å²) in [4.78, 5) is 16.9. The van der Waals surface area contributed by atoms with Gasteiger partial charge in [0.15, 0.2) is 5.13 Å². The first-order valence-electron chi connectivity index (χ1n) is 6.61. The van der Waals surface area contributed by atoms with E-state index in [4.69, 9.17) is 5.73 Å². The molecule has 1 unspecified atom stereocenters. The third kappa shape index (κ3) is 3.59. The van der Waals surface area contributed by atoms with Crippen molar-refractivity contribution >= 4 is 28.2 Å². The highest BCUT2D eigenvalue weighted by atomic mass is 32.1. The van der Waals surface area contributed by atoms with E-state index in [1.807, 2.05) is 6.92 Å². The fourth-order valence-electron chi connectivity index (χ4n) is 1.44. The van der Waals surface area contributed by atoms with Crippen molar-refractivity contribution in [2.75, 3.05) is 11.1 Å². The molecule has 0 aliphatic heterocycles. The summed E-state index contributed by atoms with van der Waals surface area (Å²) in [6, 6.07) is 0.580. The van der Waals surface area contributed by atoms with Crippen LogP contribution in [0.5, 0.6) is 0 Å². The van der Waals surface area contributed by atoms with Crippen molar-refractivity contribution < 1.29 is 4.79 Å². The van der Waals surface area contributed by atoms with Gasteiger partial charge in [0.25, 0.3) is 5.91 Å². The van der Waals surface area contributed by atoms with Crippen molar-refractivity contribution in [3.8, 4) is 0 Å². The van der Waals surface area contributed by atoms with Gasteiger partial charge in [-0.2, -0.15) is 0 Å². The molecule has 1 aliphatic rings. The molecule has 0 aromatic carbocycles. The second-order valence-electron chi connectivity index (χ2n) is 6.21. The zero-order valence-corrected chi connectivity index (χ0v) is 12.7. The van der Waals surface area contributed by atoms with Crippen LogP contribution < -0.4 is 16.4 Å². The van der Waals surface area contributed by atoms with E-state index < -0.39 is 0 Å². The minimum atomic E-state index is -0.138. The monoisotopic (exact) mass is 282 g/mol. The van der Waals surface area contributed by atoms with Gasteiger partial charge in [-0.25, -0.2) is 4.98 Å². The van der Waals surface area contributed by atoms with Crippen molar-refractivity contribution in [2.24, 2.45) is 5.41 Å². The molecule has 0 radical (unpaired) electrons. The summed E-state index contributed by atoms with van der Waals surface area (Å²) < 4.78 is 0. The average molecular weight is 282 g/mol. The maximum Gasteiger partial charge on any atom is 0.265 e. The Labute approximate surface area is 118 Å². The number of carbonyl (C=O) groups excluding carboxylic acids is 1. The van der Waals surface area contributed by atoms with Crippen LogP contribution in [-0.4, -0.2) is 23.0 Å². The number of rotatable bonds is 4. The van der Waals surface area contributed by atoms with Crippen molar-refractivity contribution in [3.05, 3.63) is 4.88 Å². The lowest BCUT2D eigenvalue weighted by Crippen LogP contribution is -2.41. The number of aromatic nitrogens is 1. The van der Waals surface area contributed by atoms with E-state index in [-0.39, 0.29) is 17.4 Å². The van der Waals surface area contributed by atoms with Gasteiger partial charge >= 0.3 is 0 Å². The zero-order valence-electron chi connectivity index (χ0n) is 11.9. The maximum absolute atomic E-state index is 12.2. The van der Waals surface area contributed by atoms with E-state index >= 15 is 0 Å². The number of nitrogens with one attached hydrogen (secondary N) is 2. The molecule has 1 heterocycles. The highest BCUT2D eigenvalue weighted by Gasteiger charge is 2.26. The van der Waals surface area contributed by atoms with Crippen LogP contribution in [0.3, 0.4) is 0 Å². The van der Waals surface area contributed by atoms with Gasteiger partial charge in [-0.3, -0.25) is 4.79 Å². The molecule has 0 saturated heterocycles. The summed E-state index contributed by atoms with van der Waals surface area (Å²) >= 11 is 1.33. The number of nitrogens with zero attached hydrogens (tertiary/aromatic N) is 1. The van der Waals surface area contributed by atoms with Crippen LogP contribution in [0.4, 0.5) is 10.9 Å². The van der Waals surface area contributed by atoms with Crippen LogP contribution in [0.15, 0.2) is 0 Å². The minimum Gasteiger partial charge on any atom is -0.382 e. The smallest absolute Gasteiger partial charge is 0.265 e. The predicted octanol–water partition coefficient (Wildman–Crippen LogP) is 2.46. The highest BCUT2D eigenvalue weighted by Crippen LogP contribution is 2.30. The Morgan fingerprint density at radius 2 is 2.11 bits per heavy atom. The fraction of sp³-hybridized carbons (Fsp3) is 0.692. The third-order valence-electron chi connectivity index (χ3n) is 3.41. The molecular weight excluding hydrogens is 260 g/mol. The number of thiazole rings is 1. The van der Waals surface area contributed by atoms with E-state index in [0.29, 0.717) is 16.7 Å². The first kappa shape index (κ1) is 14.1. The lowest BCUT2D eigenvalue weighted by Gasteiger charge is -2.27. The summed E-state index contributed by atoms with van der Waals surface area (Å²) in [5.41, 5.74) is 5.84. The number of carbonyl (C=O) groups is 1. The van der Waals surface area contributed by atoms with Gasteiger partial charge < -0.3 is 16.4 Å². The SMILES string of the molecule is CC(NC(=O)c1sc(NC2CC2)nc1N)C(C)(C)C.